The number of imide groups is 1. The molecule has 0 saturated carbocycles. The molecule has 1 aliphatic heterocycles. The summed E-state index contributed by atoms with van der Waals surface area (Å²) in [5.41, 5.74) is 0.412. The molecule has 0 aromatic heterocycles. The number of thioether (sulfide) groups is 1. The van der Waals surface area contributed by atoms with Gasteiger partial charge in [-0.15, -0.1) is 0 Å². The van der Waals surface area contributed by atoms with Gasteiger partial charge in [-0.05, 0) is 59.7 Å². The lowest BCUT2D eigenvalue weighted by Gasteiger charge is -2.13. The van der Waals surface area contributed by atoms with E-state index in [0.717, 1.165) is 28.8 Å². The van der Waals surface area contributed by atoms with Crippen LogP contribution < -0.4 is 5.32 Å². The highest BCUT2D eigenvalue weighted by molar-refractivity contribution is 8.18. The molecule has 0 atom stereocenters. The van der Waals surface area contributed by atoms with E-state index < -0.39 is 28.7 Å². The van der Waals surface area contributed by atoms with Gasteiger partial charge in [0.05, 0.1) is 10.5 Å². The normalized spacial score (nSPS) is 15.5. The van der Waals surface area contributed by atoms with E-state index in [1.165, 1.54) is 42.5 Å². The fraction of sp³-hybridized carbons (Fsp3) is 0.227. The molecule has 1 N–H and O–H groups in total. The van der Waals surface area contributed by atoms with Crippen molar-refractivity contribution in [1.29, 1.82) is 0 Å². The zero-order valence-corrected chi connectivity index (χ0v) is 17.4. The molecule has 10 heteroatoms. The molecular weight excluding hydrogens is 448 g/mol. The number of hydrogen-bond donors (Lipinski definition) is 1. The van der Waals surface area contributed by atoms with Crippen LogP contribution in [0.5, 0.6) is 0 Å². The van der Waals surface area contributed by atoms with Gasteiger partial charge in [0.2, 0.25) is 5.91 Å². The standard InChI is InChI=1S/C22H18F4N2O3S/c23-17-8-3-15(4-9-17)13-18-20(30)28(21(31)32-18)12-11-27-19(29)10-5-14-1-6-16(7-2-14)22(24,25)26/h1-4,6-9,13H,5,10-12H2,(H,27,29). The highest BCUT2D eigenvalue weighted by Crippen LogP contribution is 2.32. The lowest BCUT2D eigenvalue weighted by atomic mass is 10.1. The van der Waals surface area contributed by atoms with Gasteiger partial charge in [0, 0.05) is 19.5 Å². The topological polar surface area (TPSA) is 66.5 Å². The molecule has 32 heavy (non-hydrogen) atoms. The number of alkyl halides is 3. The Balaban J connectivity index is 1.45. The quantitative estimate of drug-likeness (QED) is 0.477. The van der Waals surface area contributed by atoms with Crippen LogP contribution in [-0.4, -0.2) is 35.0 Å². The van der Waals surface area contributed by atoms with Gasteiger partial charge in [-0.1, -0.05) is 24.3 Å². The van der Waals surface area contributed by atoms with Crippen LogP contribution in [0.1, 0.15) is 23.1 Å². The van der Waals surface area contributed by atoms with E-state index in [9.17, 15) is 31.9 Å². The maximum atomic E-state index is 13.0. The van der Waals surface area contributed by atoms with Crippen LogP contribution in [0.3, 0.4) is 0 Å². The number of benzene rings is 2. The fourth-order valence-corrected chi connectivity index (χ4v) is 3.78. The lowest BCUT2D eigenvalue weighted by molar-refractivity contribution is -0.137. The number of nitrogens with zero attached hydrogens (tertiary/aromatic N) is 1. The van der Waals surface area contributed by atoms with Crippen LogP contribution in [0.25, 0.3) is 6.08 Å². The van der Waals surface area contributed by atoms with E-state index in [2.05, 4.69) is 5.32 Å². The van der Waals surface area contributed by atoms with Crippen LogP contribution in [0.4, 0.5) is 22.4 Å². The number of aryl methyl sites for hydroxylation is 1. The molecule has 168 valence electrons. The highest BCUT2D eigenvalue weighted by atomic mass is 32.2. The molecule has 1 saturated heterocycles. The Morgan fingerprint density at radius 3 is 2.31 bits per heavy atom. The van der Waals surface area contributed by atoms with Crippen molar-refractivity contribution >= 4 is 34.9 Å². The number of halogens is 4. The van der Waals surface area contributed by atoms with Gasteiger partial charge in [-0.25, -0.2) is 4.39 Å². The van der Waals surface area contributed by atoms with E-state index in [1.807, 2.05) is 0 Å². The Labute approximate surface area is 185 Å². The van der Waals surface area contributed by atoms with Crippen LogP contribution >= 0.6 is 11.8 Å². The van der Waals surface area contributed by atoms with Gasteiger partial charge in [0.1, 0.15) is 5.82 Å². The van der Waals surface area contributed by atoms with Gasteiger partial charge in [-0.3, -0.25) is 19.3 Å². The van der Waals surface area contributed by atoms with Crippen LogP contribution in [0.2, 0.25) is 0 Å². The maximum Gasteiger partial charge on any atom is 0.416 e. The van der Waals surface area contributed by atoms with Gasteiger partial charge < -0.3 is 5.32 Å². The molecular formula is C22H18F4N2O3S. The molecule has 0 unspecified atom stereocenters. The first-order chi connectivity index (χ1) is 15.1. The average Bonchev–Trinajstić information content (AvgIpc) is 3.01. The summed E-state index contributed by atoms with van der Waals surface area (Å²) in [5.74, 6) is -1.26. The summed E-state index contributed by atoms with van der Waals surface area (Å²) in [6.07, 6.45) is -2.61. The molecule has 1 heterocycles. The zero-order valence-electron chi connectivity index (χ0n) is 16.6. The predicted octanol–water partition coefficient (Wildman–Crippen LogP) is 4.63. The third-order valence-corrected chi connectivity index (χ3v) is 5.53. The summed E-state index contributed by atoms with van der Waals surface area (Å²) >= 11 is 0.762. The second kappa shape index (κ2) is 9.99. The first-order valence-electron chi connectivity index (χ1n) is 9.57. The molecule has 1 fully saturated rings. The predicted molar refractivity (Wildman–Crippen MR) is 112 cm³/mol. The van der Waals surface area contributed by atoms with Crippen LogP contribution in [-0.2, 0) is 22.2 Å². The molecule has 0 aliphatic carbocycles. The minimum atomic E-state index is -4.41. The van der Waals surface area contributed by atoms with Gasteiger partial charge in [-0.2, -0.15) is 13.2 Å². The van der Waals surface area contributed by atoms with Crippen molar-refractivity contribution in [2.24, 2.45) is 0 Å². The number of rotatable bonds is 7. The van der Waals surface area contributed by atoms with E-state index in [4.69, 9.17) is 0 Å². The summed E-state index contributed by atoms with van der Waals surface area (Å²) in [6.45, 7) is 0.0329. The largest absolute Gasteiger partial charge is 0.416 e. The van der Waals surface area contributed by atoms with Crippen LogP contribution in [0, 0.1) is 5.82 Å². The molecule has 2 aromatic carbocycles. The third-order valence-electron chi connectivity index (χ3n) is 4.62. The monoisotopic (exact) mass is 466 g/mol. The summed E-state index contributed by atoms with van der Waals surface area (Å²) in [6, 6.07) is 10.0. The molecule has 1 aliphatic rings. The Morgan fingerprint density at radius 1 is 1.03 bits per heavy atom. The third kappa shape index (κ3) is 6.19. The minimum Gasteiger partial charge on any atom is -0.354 e. The van der Waals surface area contributed by atoms with Gasteiger partial charge in [0.25, 0.3) is 11.1 Å². The minimum absolute atomic E-state index is 0.0164. The summed E-state index contributed by atoms with van der Waals surface area (Å²) in [7, 11) is 0. The number of carbonyl (C=O) groups excluding carboxylic acids is 3. The van der Waals surface area contributed by atoms with E-state index in [1.54, 1.807) is 0 Å². The SMILES string of the molecule is O=C(CCc1ccc(C(F)(F)F)cc1)NCCN1C(=O)SC(=Cc2ccc(F)cc2)C1=O. The van der Waals surface area contributed by atoms with E-state index in [0.29, 0.717) is 11.1 Å². The molecule has 3 rings (SSSR count). The number of amides is 3. The Kier molecular flexibility index (Phi) is 7.34. The Hall–Kier alpha value is -3.14. The Morgan fingerprint density at radius 2 is 1.69 bits per heavy atom. The molecule has 2 aromatic rings. The van der Waals surface area contributed by atoms with Crippen molar-refractivity contribution < 1.29 is 31.9 Å². The first kappa shape index (κ1) is 23.5. The van der Waals surface area contributed by atoms with Crippen molar-refractivity contribution in [2.75, 3.05) is 13.1 Å². The number of hydrogen-bond acceptors (Lipinski definition) is 4. The maximum absolute atomic E-state index is 13.0. The van der Waals surface area contributed by atoms with Gasteiger partial charge >= 0.3 is 6.18 Å². The number of carbonyl (C=O) groups is 3. The molecule has 0 spiro atoms. The average molecular weight is 466 g/mol. The number of nitrogens with one attached hydrogen (secondary N) is 1. The van der Waals surface area contributed by atoms with Crippen LogP contribution in [0.15, 0.2) is 53.4 Å². The van der Waals surface area contributed by atoms with Crippen molar-refractivity contribution in [2.45, 2.75) is 19.0 Å². The zero-order chi connectivity index (χ0) is 23.3. The highest BCUT2D eigenvalue weighted by Gasteiger charge is 2.34. The molecule has 5 nitrogen and oxygen atoms in total. The second-order valence-electron chi connectivity index (χ2n) is 6.93. The molecule has 3 amide bonds. The van der Waals surface area contributed by atoms with Crippen molar-refractivity contribution in [3.63, 3.8) is 0 Å². The van der Waals surface area contributed by atoms with E-state index in [-0.39, 0.29) is 36.7 Å². The lowest BCUT2D eigenvalue weighted by Crippen LogP contribution is -2.37. The van der Waals surface area contributed by atoms with Crippen molar-refractivity contribution in [1.82, 2.24) is 10.2 Å². The molecule has 0 radical (unpaired) electrons. The molecule has 0 bridgehead atoms. The fourth-order valence-electron chi connectivity index (χ4n) is 2.92. The smallest absolute Gasteiger partial charge is 0.354 e. The second-order valence-corrected chi connectivity index (χ2v) is 7.92. The van der Waals surface area contributed by atoms with Crippen molar-refractivity contribution in [3.05, 3.63) is 75.9 Å². The Bertz CT molecular complexity index is 1030. The summed E-state index contributed by atoms with van der Waals surface area (Å²) in [5, 5.41) is 2.12. The summed E-state index contributed by atoms with van der Waals surface area (Å²) in [4.78, 5) is 37.7. The summed E-state index contributed by atoms with van der Waals surface area (Å²) < 4.78 is 50.7. The van der Waals surface area contributed by atoms with Crippen molar-refractivity contribution in [3.8, 4) is 0 Å². The van der Waals surface area contributed by atoms with E-state index >= 15 is 0 Å². The van der Waals surface area contributed by atoms with Gasteiger partial charge in [0.15, 0.2) is 0 Å². The first-order valence-corrected chi connectivity index (χ1v) is 10.4.